The summed E-state index contributed by atoms with van der Waals surface area (Å²) in [5.74, 6) is -2.47. The first kappa shape index (κ1) is 28.6. The number of ether oxygens (including phenoxy) is 5. The van der Waals surface area contributed by atoms with E-state index in [0.29, 0.717) is 11.3 Å². The van der Waals surface area contributed by atoms with E-state index in [1.54, 1.807) is 50.2 Å². The van der Waals surface area contributed by atoms with Crippen molar-refractivity contribution in [2.24, 2.45) is 0 Å². The van der Waals surface area contributed by atoms with Gasteiger partial charge in [-0.1, -0.05) is 42.5 Å². The highest BCUT2D eigenvalue weighted by molar-refractivity contribution is 5.93. The number of Topliss-reactive ketones (excluding diaryl/α,β-unsaturated/α-hetero) is 1. The Morgan fingerprint density at radius 2 is 1.58 bits per heavy atom. The highest BCUT2D eigenvalue weighted by atomic mass is 16.8. The third kappa shape index (κ3) is 8.02. The van der Waals surface area contributed by atoms with Gasteiger partial charge in [-0.15, -0.1) is 0 Å². The standard InChI is InChI=1S/C27H32N2O9/c1-27(2)37-22(23(38-27)25(32)35-4)24(31)29(15-18-10-12-21(34-3)13-11-18)16-20(30)14-28-26(33)36-17-19-8-6-5-7-9-19/h5-13,22-23H,14-17H2,1-4H3,(H,28,33)/t22-,23-/m1/s1. The van der Waals surface area contributed by atoms with Crippen molar-refractivity contribution in [2.75, 3.05) is 27.3 Å². The Balaban J connectivity index is 1.68. The highest BCUT2D eigenvalue weighted by Gasteiger charge is 2.50. The number of esters is 1. The molecule has 1 aliphatic rings. The Bertz CT molecular complexity index is 1120. The number of methoxy groups -OCH3 is 2. The van der Waals surface area contributed by atoms with Gasteiger partial charge in [0.2, 0.25) is 0 Å². The molecule has 1 fully saturated rings. The van der Waals surface area contributed by atoms with Crippen LogP contribution in [0.2, 0.25) is 0 Å². The van der Waals surface area contributed by atoms with E-state index in [2.05, 4.69) is 5.32 Å². The predicted octanol–water partition coefficient (Wildman–Crippen LogP) is 2.21. The molecule has 11 nitrogen and oxygen atoms in total. The van der Waals surface area contributed by atoms with Gasteiger partial charge in [-0.25, -0.2) is 9.59 Å². The fraction of sp³-hybridized carbons (Fsp3) is 0.407. The summed E-state index contributed by atoms with van der Waals surface area (Å²) < 4.78 is 26.4. The van der Waals surface area contributed by atoms with Crippen LogP contribution in [0, 0.1) is 0 Å². The summed E-state index contributed by atoms with van der Waals surface area (Å²) in [6.45, 7) is 2.49. The Labute approximate surface area is 220 Å². The predicted molar refractivity (Wildman–Crippen MR) is 134 cm³/mol. The van der Waals surface area contributed by atoms with Gasteiger partial charge < -0.3 is 33.9 Å². The maximum Gasteiger partial charge on any atom is 0.407 e. The zero-order valence-corrected chi connectivity index (χ0v) is 21.8. The summed E-state index contributed by atoms with van der Waals surface area (Å²) in [6.07, 6.45) is -3.40. The van der Waals surface area contributed by atoms with Crippen LogP contribution >= 0.6 is 0 Å². The van der Waals surface area contributed by atoms with Crippen LogP contribution < -0.4 is 10.1 Å². The van der Waals surface area contributed by atoms with Crippen molar-refractivity contribution in [1.29, 1.82) is 0 Å². The van der Waals surface area contributed by atoms with Crippen LogP contribution in [0.15, 0.2) is 54.6 Å². The molecule has 204 valence electrons. The molecule has 0 bridgehead atoms. The monoisotopic (exact) mass is 528 g/mol. The molecule has 11 heteroatoms. The van der Waals surface area contributed by atoms with Crippen molar-refractivity contribution in [3.8, 4) is 5.75 Å². The second kappa shape index (κ2) is 13.0. The zero-order chi connectivity index (χ0) is 27.7. The van der Waals surface area contributed by atoms with Gasteiger partial charge in [-0.2, -0.15) is 0 Å². The van der Waals surface area contributed by atoms with Gasteiger partial charge in [0, 0.05) is 6.54 Å². The van der Waals surface area contributed by atoms with Crippen LogP contribution in [-0.2, 0) is 46.5 Å². The van der Waals surface area contributed by atoms with Crippen LogP contribution in [0.5, 0.6) is 5.75 Å². The number of carbonyl (C=O) groups excluding carboxylic acids is 4. The first-order valence-electron chi connectivity index (χ1n) is 11.9. The molecule has 2 atom stereocenters. The molecule has 1 heterocycles. The van der Waals surface area contributed by atoms with E-state index in [-0.39, 0.29) is 26.2 Å². The van der Waals surface area contributed by atoms with Gasteiger partial charge in [-0.3, -0.25) is 9.59 Å². The van der Waals surface area contributed by atoms with Crippen molar-refractivity contribution in [3.63, 3.8) is 0 Å². The van der Waals surface area contributed by atoms with Crippen LogP contribution in [0.4, 0.5) is 4.79 Å². The fourth-order valence-electron chi connectivity index (χ4n) is 3.79. The lowest BCUT2D eigenvalue weighted by atomic mass is 10.1. The molecule has 0 unspecified atom stereocenters. The number of rotatable bonds is 11. The number of ketones is 1. The lowest BCUT2D eigenvalue weighted by Gasteiger charge is -2.26. The van der Waals surface area contributed by atoms with Crippen LogP contribution in [-0.4, -0.2) is 74.0 Å². The van der Waals surface area contributed by atoms with Gasteiger partial charge in [0.1, 0.15) is 12.4 Å². The Kier molecular flexibility index (Phi) is 9.80. The summed E-state index contributed by atoms with van der Waals surface area (Å²) in [4.78, 5) is 51.9. The minimum atomic E-state index is -1.33. The molecule has 1 saturated heterocycles. The Hall–Kier alpha value is -3.96. The fourth-order valence-corrected chi connectivity index (χ4v) is 3.79. The molecule has 1 aliphatic heterocycles. The van der Waals surface area contributed by atoms with Crippen molar-refractivity contribution >= 4 is 23.8 Å². The molecule has 0 aromatic heterocycles. The summed E-state index contributed by atoms with van der Waals surface area (Å²) in [5, 5.41) is 2.40. The third-order valence-electron chi connectivity index (χ3n) is 5.63. The molecule has 0 aliphatic carbocycles. The number of amides is 2. The van der Waals surface area contributed by atoms with E-state index in [1.807, 2.05) is 18.2 Å². The molecule has 2 amide bonds. The smallest absolute Gasteiger partial charge is 0.407 e. The summed E-state index contributed by atoms with van der Waals surface area (Å²) >= 11 is 0. The van der Waals surface area contributed by atoms with Gasteiger partial charge in [0.05, 0.1) is 27.3 Å². The molecule has 0 saturated carbocycles. The van der Waals surface area contributed by atoms with E-state index < -0.39 is 41.7 Å². The summed E-state index contributed by atoms with van der Waals surface area (Å²) in [5.41, 5.74) is 1.50. The second-order valence-corrected chi connectivity index (χ2v) is 9.00. The van der Waals surface area contributed by atoms with Crippen molar-refractivity contribution in [3.05, 3.63) is 65.7 Å². The topological polar surface area (TPSA) is 130 Å². The van der Waals surface area contributed by atoms with Crippen LogP contribution in [0.1, 0.15) is 25.0 Å². The largest absolute Gasteiger partial charge is 0.497 e. The average molecular weight is 529 g/mol. The average Bonchev–Trinajstić information content (AvgIpc) is 3.25. The molecule has 0 spiro atoms. The lowest BCUT2D eigenvalue weighted by molar-refractivity contribution is -0.169. The zero-order valence-electron chi connectivity index (χ0n) is 21.8. The third-order valence-corrected chi connectivity index (χ3v) is 5.63. The number of hydrogen-bond acceptors (Lipinski definition) is 9. The molecular weight excluding hydrogens is 496 g/mol. The lowest BCUT2D eigenvalue weighted by Crippen LogP contribution is -2.48. The van der Waals surface area contributed by atoms with Gasteiger partial charge in [0.25, 0.3) is 5.91 Å². The Morgan fingerprint density at radius 3 is 2.21 bits per heavy atom. The van der Waals surface area contributed by atoms with Gasteiger partial charge in [0.15, 0.2) is 23.8 Å². The number of alkyl carbamates (subject to hydrolysis) is 1. The Morgan fingerprint density at radius 1 is 0.921 bits per heavy atom. The molecule has 3 rings (SSSR count). The highest BCUT2D eigenvalue weighted by Crippen LogP contribution is 2.30. The number of carbonyl (C=O) groups is 4. The van der Waals surface area contributed by atoms with E-state index in [9.17, 15) is 19.2 Å². The number of benzene rings is 2. The SMILES string of the molecule is COC(=O)[C@@H]1OC(C)(C)O[C@H]1C(=O)N(CC(=O)CNC(=O)OCc1ccccc1)Cc1ccc(OC)cc1. The maximum absolute atomic E-state index is 13.5. The number of nitrogens with zero attached hydrogens (tertiary/aromatic N) is 1. The number of hydrogen-bond donors (Lipinski definition) is 1. The van der Waals surface area contributed by atoms with E-state index in [0.717, 1.165) is 5.56 Å². The quantitative estimate of drug-likeness (QED) is 0.436. The molecule has 38 heavy (non-hydrogen) atoms. The van der Waals surface area contributed by atoms with E-state index in [4.69, 9.17) is 23.7 Å². The first-order valence-corrected chi connectivity index (χ1v) is 11.9. The molecule has 2 aromatic carbocycles. The van der Waals surface area contributed by atoms with Crippen molar-refractivity contribution < 1.29 is 42.9 Å². The second-order valence-electron chi connectivity index (χ2n) is 9.00. The summed E-state index contributed by atoms with van der Waals surface area (Å²) in [7, 11) is 2.72. The maximum atomic E-state index is 13.5. The number of nitrogens with one attached hydrogen (secondary N) is 1. The molecule has 1 N–H and O–H groups in total. The first-order chi connectivity index (χ1) is 18.1. The normalized spacial score (nSPS) is 17.8. The van der Waals surface area contributed by atoms with E-state index in [1.165, 1.54) is 19.1 Å². The summed E-state index contributed by atoms with van der Waals surface area (Å²) in [6, 6.07) is 16.0. The minimum absolute atomic E-state index is 0.0290. The van der Waals surface area contributed by atoms with Gasteiger partial charge in [-0.05, 0) is 37.1 Å². The van der Waals surface area contributed by atoms with Crippen molar-refractivity contribution in [2.45, 2.75) is 45.0 Å². The van der Waals surface area contributed by atoms with Crippen LogP contribution in [0.3, 0.4) is 0 Å². The minimum Gasteiger partial charge on any atom is -0.497 e. The van der Waals surface area contributed by atoms with Crippen LogP contribution in [0.25, 0.3) is 0 Å². The molecular formula is C27H32N2O9. The molecule has 0 radical (unpaired) electrons. The van der Waals surface area contributed by atoms with E-state index >= 15 is 0 Å². The van der Waals surface area contributed by atoms with Crippen molar-refractivity contribution in [1.82, 2.24) is 10.2 Å². The molecule has 2 aromatic rings. The van der Waals surface area contributed by atoms with Gasteiger partial charge >= 0.3 is 12.1 Å².